The minimum atomic E-state index is 0.434. The Hall–Kier alpha value is -1.06. The van der Waals surface area contributed by atoms with E-state index in [1.165, 1.54) is 36.9 Å². The number of rotatable bonds is 5. The number of fused-ring (bicyclic) bond motifs is 1. The summed E-state index contributed by atoms with van der Waals surface area (Å²) >= 11 is 0. The van der Waals surface area contributed by atoms with E-state index in [9.17, 15) is 0 Å². The van der Waals surface area contributed by atoms with E-state index in [4.69, 9.17) is 4.74 Å². The lowest BCUT2D eigenvalue weighted by molar-refractivity contribution is 0.115. The molecule has 110 valence electrons. The first-order chi connectivity index (χ1) is 9.88. The summed E-state index contributed by atoms with van der Waals surface area (Å²) in [5.41, 5.74) is 2.87. The third-order valence-corrected chi connectivity index (χ3v) is 4.43. The van der Waals surface area contributed by atoms with E-state index >= 15 is 0 Å². The molecule has 0 radical (unpaired) electrons. The number of ether oxygens (including phenoxy) is 1. The first-order valence-electron chi connectivity index (χ1n) is 8.07. The molecule has 0 bridgehead atoms. The van der Waals surface area contributed by atoms with Crippen LogP contribution in [0.3, 0.4) is 0 Å². The fourth-order valence-electron chi connectivity index (χ4n) is 3.39. The van der Waals surface area contributed by atoms with Crippen LogP contribution in [0, 0.1) is 0 Å². The highest BCUT2D eigenvalue weighted by atomic mass is 16.5. The Balaban J connectivity index is 1.73. The van der Waals surface area contributed by atoms with Crippen molar-refractivity contribution >= 4 is 5.69 Å². The average Bonchev–Trinajstić information content (AvgIpc) is 2.99. The Morgan fingerprint density at radius 2 is 2.20 bits per heavy atom. The van der Waals surface area contributed by atoms with Gasteiger partial charge in [0.15, 0.2) is 0 Å². The van der Waals surface area contributed by atoms with Crippen LogP contribution in [-0.4, -0.2) is 32.3 Å². The number of para-hydroxylation sites is 1. The van der Waals surface area contributed by atoms with Crippen LogP contribution in [0.4, 0.5) is 5.69 Å². The van der Waals surface area contributed by atoms with Crippen LogP contribution in [0.25, 0.3) is 0 Å². The fraction of sp³-hybridized carbons (Fsp3) is 0.647. The highest BCUT2D eigenvalue weighted by Gasteiger charge is 2.27. The molecule has 0 saturated carbocycles. The molecular weight excluding hydrogens is 248 g/mol. The van der Waals surface area contributed by atoms with Gasteiger partial charge in [-0.25, -0.2) is 0 Å². The predicted molar refractivity (Wildman–Crippen MR) is 83.3 cm³/mol. The normalized spacial score (nSPS) is 25.8. The number of hydrogen-bond donors (Lipinski definition) is 1. The maximum absolute atomic E-state index is 5.81. The van der Waals surface area contributed by atoms with Crippen LogP contribution in [-0.2, 0) is 4.74 Å². The highest BCUT2D eigenvalue weighted by molar-refractivity contribution is 5.57. The summed E-state index contributed by atoms with van der Waals surface area (Å²) in [5.74, 6) is 0. The van der Waals surface area contributed by atoms with Crippen LogP contribution < -0.4 is 10.2 Å². The highest BCUT2D eigenvalue weighted by Crippen LogP contribution is 2.34. The lowest BCUT2D eigenvalue weighted by Crippen LogP contribution is -2.40. The van der Waals surface area contributed by atoms with Crippen LogP contribution in [0.15, 0.2) is 24.3 Å². The number of nitrogens with zero attached hydrogens (tertiary/aromatic N) is 1. The van der Waals surface area contributed by atoms with Crippen molar-refractivity contribution in [1.29, 1.82) is 0 Å². The molecule has 0 aliphatic carbocycles. The third-order valence-electron chi connectivity index (χ3n) is 4.43. The van der Waals surface area contributed by atoms with Crippen LogP contribution in [0.1, 0.15) is 44.2 Å². The van der Waals surface area contributed by atoms with Gasteiger partial charge in [0.2, 0.25) is 0 Å². The van der Waals surface area contributed by atoms with E-state index < -0.39 is 0 Å². The zero-order chi connectivity index (χ0) is 13.8. The summed E-state index contributed by atoms with van der Waals surface area (Å²) in [4.78, 5) is 2.52. The van der Waals surface area contributed by atoms with E-state index in [1.807, 2.05) is 0 Å². The monoisotopic (exact) mass is 274 g/mol. The van der Waals surface area contributed by atoms with Gasteiger partial charge in [-0.1, -0.05) is 25.1 Å². The van der Waals surface area contributed by atoms with Crippen LogP contribution in [0.5, 0.6) is 0 Å². The molecule has 20 heavy (non-hydrogen) atoms. The van der Waals surface area contributed by atoms with Crippen molar-refractivity contribution in [2.24, 2.45) is 0 Å². The van der Waals surface area contributed by atoms with Crippen molar-refractivity contribution in [1.82, 2.24) is 5.32 Å². The predicted octanol–water partition coefficient (Wildman–Crippen LogP) is 3.12. The van der Waals surface area contributed by atoms with Gasteiger partial charge in [-0.3, -0.25) is 0 Å². The van der Waals surface area contributed by atoms with Gasteiger partial charge in [0.25, 0.3) is 0 Å². The summed E-state index contributed by atoms with van der Waals surface area (Å²) in [6, 6.07) is 9.39. The lowest BCUT2D eigenvalue weighted by Gasteiger charge is -2.37. The molecule has 1 N–H and O–H groups in total. The molecule has 1 aromatic rings. The number of nitrogens with one attached hydrogen (secondary N) is 1. The molecular formula is C17H26N2O. The van der Waals surface area contributed by atoms with Gasteiger partial charge in [0, 0.05) is 31.4 Å². The minimum Gasteiger partial charge on any atom is -0.376 e. The molecule has 0 amide bonds. The third kappa shape index (κ3) is 2.99. The standard InChI is InChI=1S/C17H26N2O/c1-2-10-18-16-9-11-19(13-14-6-5-12-20-14)17-8-4-3-7-15(16)17/h3-4,7-8,14,16,18H,2,5-6,9-13H2,1H3. The van der Waals surface area contributed by atoms with Crippen molar-refractivity contribution in [3.8, 4) is 0 Å². The zero-order valence-corrected chi connectivity index (χ0v) is 12.5. The van der Waals surface area contributed by atoms with Crippen LogP contribution in [0.2, 0.25) is 0 Å². The molecule has 1 saturated heterocycles. The van der Waals surface area contributed by atoms with E-state index in [1.54, 1.807) is 0 Å². The molecule has 2 unspecified atom stereocenters. The molecule has 0 spiro atoms. The number of benzene rings is 1. The van der Waals surface area contributed by atoms with E-state index in [0.717, 1.165) is 26.2 Å². The summed E-state index contributed by atoms with van der Waals surface area (Å²) in [6.07, 6.45) is 5.27. The Kier molecular flexibility index (Phi) is 4.58. The second-order valence-electron chi connectivity index (χ2n) is 5.94. The summed E-state index contributed by atoms with van der Waals surface area (Å²) in [6.45, 7) is 6.47. The largest absolute Gasteiger partial charge is 0.376 e. The van der Waals surface area contributed by atoms with Gasteiger partial charge in [0.05, 0.1) is 6.10 Å². The molecule has 2 atom stereocenters. The summed E-state index contributed by atoms with van der Waals surface area (Å²) in [5, 5.41) is 3.68. The number of anilines is 1. The molecule has 3 rings (SSSR count). The molecule has 3 nitrogen and oxygen atoms in total. The van der Waals surface area contributed by atoms with E-state index in [-0.39, 0.29) is 0 Å². The van der Waals surface area contributed by atoms with Gasteiger partial charge in [-0.2, -0.15) is 0 Å². The first kappa shape index (κ1) is 13.9. The number of hydrogen-bond acceptors (Lipinski definition) is 3. The van der Waals surface area contributed by atoms with E-state index in [2.05, 4.69) is 41.4 Å². The van der Waals surface area contributed by atoms with E-state index in [0.29, 0.717) is 12.1 Å². The van der Waals surface area contributed by atoms with Crippen molar-refractivity contribution in [3.63, 3.8) is 0 Å². The van der Waals surface area contributed by atoms with Crippen molar-refractivity contribution in [2.75, 3.05) is 31.1 Å². The van der Waals surface area contributed by atoms with Crippen LogP contribution >= 0.6 is 0 Å². The van der Waals surface area contributed by atoms with Gasteiger partial charge >= 0.3 is 0 Å². The van der Waals surface area contributed by atoms with Crippen molar-refractivity contribution < 1.29 is 4.74 Å². The fourth-order valence-corrected chi connectivity index (χ4v) is 3.39. The minimum absolute atomic E-state index is 0.434. The lowest BCUT2D eigenvalue weighted by atomic mass is 9.96. The maximum Gasteiger partial charge on any atom is 0.0750 e. The second kappa shape index (κ2) is 6.59. The molecule has 1 fully saturated rings. The Labute approximate surface area is 122 Å². The molecule has 2 aliphatic rings. The zero-order valence-electron chi connectivity index (χ0n) is 12.5. The molecule has 0 aromatic heterocycles. The quantitative estimate of drug-likeness (QED) is 0.893. The Bertz CT molecular complexity index is 429. The second-order valence-corrected chi connectivity index (χ2v) is 5.94. The Morgan fingerprint density at radius 1 is 1.30 bits per heavy atom. The Morgan fingerprint density at radius 3 is 3.00 bits per heavy atom. The topological polar surface area (TPSA) is 24.5 Å². The first-order valence-corrected chi connectivity index (χ1v) is 8.07. The molecule has 3 heteroatoms. The van der Waals surface area contributed by atoms with Crippen molar-refractivity contribution in [3.05, 3.63) is 29.8 Å². The molecule has 1 aromatic carbocycles. The molecule has 2 heterocycles. The molecule has 2 aliphatic heterocycles. The van der Waals surface area contributed by atoms with Gasteiger partial charge in [-0.05, 0) is 43.9 Å². The SMILES string of the molecule is CCCNC1CCN(CC2CCCO2)c2ccccc21. The maximum atomic E-state index is 5.81. The van der Waals surface area contributed by atoms with Gasteiger partial charge in [-0.15, -0.1) is 0 Å². The van der Waals surface area contributed by atoms with Gasteiger partial charge < -0.3 is 15.0 Å². The van der Waals surface area contributed by atoms with Crippen molar-refractivity contribution in [2.45, 2.75) is 44.8 Å². The smallest absolute Gasteiger partial charge is 0.0750 e. The summed E-state index contributed by atoms with van der Waals surface area (Å²) < 4.78 is 5.81. The average molecular weight is 274 g/mol. The summed E-state index contributed by atoms with van der Waals surface area (Å²) in [7, 11) is 0. The van der Waals surface area contributed by atoms with Gasteiger partial charge in [0.1, 0.15) is 0 Å².